The summed E-state index contributed by atoms with van der Waals surface area (Å²) in [5.41, 5.74) is 3.77. The summed E-state index contributed by atoms with van der Waals surface area (Å²) in [4.78, 5) is 14.6. The van der Waals surface area contributed by atoms with Gasteiger partial charge in [-0.2, -0.15) is 0 Å². The topological polar surface area (TPSA) is 84.9 Å². The van der Waals surface area contributed by atoms with Crippen molar-refractivity contribution in [2.24, 2.45) is 0 Å². The summed E-state index contributed by atoms with van der Waals surface area (Å²) in [7, 11) is -2.18. The summed E-state index contributed by atoms with van der Waals surface area (Å²) in [5, 5.41) is 0. The standard InChI is InChI=1S/C22H26N2O5S/c1-14-11-18(12-15(2)21(14)28-3)30(26,27)23-17-6-7-19-16(13-17)8-9-24(19)22(25)20-5-4-10-29-20/h6-7,11-13,20,23H,4-5,8-10H2,1-3H3. The zero-order valence-electron chi connectivity index (χ0n) is 17.4. The van der Waals surface area contributed by atoms with Crippen LogP contribution in [0.15, 0.2) is 35.2 Å². The van der Waals surface area contributed by atoms with Crippen LogP contribution in [0.4, 0.5) is 11.4 Å². The second kappa shape index (κ2) is 7.92. The first-order chi connectivity index (χ1) is 14.3. The van der Waals surface area contributed by atoms with E-state index in [-0.39, 0.29) is 16.9 Å². The number of sulfonamides is 1. The molecule has 1 amide bonds. The molecule has 1 atom stereocenters. The Hall–Kier alpha value is -2.58. The van der Waals surface area contributed by atoms with Crippen LogP contribution in [0.5, 0.6) is 5.75 Å². The molecule has 1 saturated heterocycles. The molecule has 0 aliphatic carbocycles. The molecule has 8 heteroatoms. The molecule has 2 aliphatic rings. The molecular formula is C22H26N2O5S. The largest absolute Gasteiger partial charge is 0.496 e. The number of carbonyl (C=O) groups excluding carboxylic acids is 1. The molecule has 2 aromatic rings. The maximum absolute atomic E-state index is 12.9. The average molecular weight is 431 g/mol. The summed E-state index contributed by atoms with van der Waals surface area (Å²) in [6.45, 7) is 4.85. The monoisotopic (exact) mass is 430 g/mol. The number of ether oxygens (including phenoxy) is 2. The van der Waals surface area contributed by atoms with Gasteiger partial charge in [-0.1, -0.05) is 0 Å². The normalized spacial score (nSPS) is 18.4. The van der Waals surface area contributed by atoms with Gasteiger partial charge in [-0.3, -0.25) is 9.52 Å². The fourth-order valence-electron chi connectivity index (χ4n) is 4.24. The number of methoxy groups -OCH3 is 1. The van der Waals surface area contributed by atoms with E-state index in [0.29, 0.717) is 31.0 Å². The van der Waals surface area contributed by atoms with Gasteiger partial charge in [0, 0.05) is 24.5 Å². The summed E-state index contributed by atoms with van der Waals surface area (Å²) >= 11 is 0. The van der Waals surface area contributed by atoms with Gasteiger partial charge in [0.15, 0.2) is 0 Å². The number of hydrogen-bond donors (Lipinski definition) is 1. The van der Waals surface area contributed by atoms with E-state index in [4.69, 9.17) is 9.47 Å². The number of rotatable bonds is 5. The van der Waals surface area contributed by atoms with Crippen molar-refractivity contribution in [2.45, 2.75) is 44.1 Å². The van der Waals surface area contributed by atoms with E-state index in [9.17, 15) is 13.2 Å². The van der Waals surface area contributed by atoms with Crippen molar-refractivity contribution in [3.63, 3.8) is 0 Å². The molecule has 1 N–H and O–H groups in total. The van der Waals surface area contributed by atoms with E-state index in [1.165, 1.54) is 0 Å². The van der Waals surface area contributed by atoms with Crippen LogP contribution in [0, 0.1) is 13.8 Å². The third kappa shape index (κ3) is 3.77. The van der Waals surface area contributed by atoms with Gasteiger partial charge in [-0.25, -0.2) is 8.42 Å². The predicted octanol–water partition coefficient (Wildman–Crippen LogP) is 3.18. The molecule has 0 radical (unpaired) electrons. The lowest BCUT2D eigenvalue weighted by atomic mass is 10.1. The van der Waals surface area contributed by atoms with Crippen LogP contribution < -0.4 is 14.4 Å². The fourth-order valence-corrected chi connectivity index (χ4v) is 5.46. The lowest BCUT2D eigenvalue weighted by Crippen LogP contribution is -2.37. The van der Waals surface area contributed by atoms with E-state index < -0.39 is 10.0 Å². The highest BCUT2D eigenvalue weighted by molar-refractivity contribution is 7.92. The minimum Gasteiger partial charge on any atom is -0.496 e. The van der Waals surface area contributed by atoms with Crippen LogP contribution in [0.1, 0.15) is 29.5 Å². The van der Waals surface area contributed by atoms with Crippen molar-refractivity contribution >= 4 is 27.3 Å². The van der Waals surface area contributed by atoms with Crippen molar-refractivity contribution in [1.82, 2.24) is 0 Å². The molecule has 0 spiro atoms. The number of benzene rings is 2. The highest BCUT2D eigenvalue weighted by Gasteiger charge is 2.33. The van der Waals surface area contributed by atoms with Crippen LogP contribution in [-0.4, -0.2) is 40.7 Å². The van der Waals surface area contributed by atoms with Crippen LogP contribution >= 0.6 is 0 Å². The van der Waals surface area contributed by atoms with Crippen molar-refractivity contribution in [1.29, 1.82) is 0 Å². The lowest BCUT2D eigenvalue weighted by molar-refractivity contribution is -0.127. The Balaban J connectivity index is 1.56. The molecule has 30 heavy (non-hydrogen) atoms. The van der Waals surface area contributed by atoms with Gasteiger partial charge in [-0.15, -0.1) is 0 Å². The second-order valence-corrected chi connectivity index (χ2v) is 9.46. The Morgan fingerprint density at radius 2 is 1.93 bits per heavy atom. The Bertz CT molecular complexity index is 1070. The van der Waals surface area contributed by atoms with Crippen LogP contribution in [0.25, 0.3) is 0 Å². The number of amides is 1. The van der Waals surface area contributed by atoms with Gasteiger partial charge >= 0.3 is 0 Å². The quantitative estimate of drug-likeness (QED) is 0.788. The number of carbonyl (C=O) groups is 1. The number of anilines is 2. The molecular weight excluding hydrogens is 404 g/mol. The molecule has 0 saturated carbocycles. The molecule has 2 aromatic carbocycles. The molecule has 1 fully saturated rings. The third-order valence-corrected chi connectivity index (χ3v) is 7.01. The van der Waals surface area contributed by atoms with Crippen molar-refractivity contribution < 1.29 is 22.7 Å². The summed E-state index contributed by atoms with van der Waals surface area (Å²) in [5.74, 6) is 0.672. The molecule has 4 rings (SSSR count). The zero-order chi connectivity index (χ0) is 21.5. The number of nitrogens with one attached hydrogen (secondary N) is 1. The van der Waals surface area contributed by atoms with Crippen LogP contribution in [-0.2, 0) is 26.0 Å². The Kier molecular flexibility index (Phi) is 5.46. The van der Waals surface area contributed by atoms with Crippen molar-refractivity contribution in [2.75, 3.05) is 29.9 Å². The third-order valence-electron chi connectivity index (χ3n) is 5.65. The van der Waals surface area contributed by atoms with Gasteiger partial charge in [-0.05, 0) is 80.1 Å². The van der Waals surface area contributed by atoms with Gasteiger partial charge in [0.2, 0.25) is 0 Å². The van der Waals surface area contributed by atoms with Crippen molar-refractivity contribution in [3.05, 3.63) is 47.0 Å². The molecule has 0 bridgehead atoms. The number of hydrogen-bond acceptors (Lipinski definition) is 5. The first-order valence-electron chi connectivity index (χ1n) is 10.0. The second-order valence-electron chi connectivity index (χ2n) is 7.78. The van der Waals surface area contributed by atoms with Crippen LogP contribution in [0.3, 0.4) is 0 Å². The fraction of sp³-hybridized carbons (Fsp3) is 0.409. The van der Waals surface area contributed by atoms with E-state index in [1.54, 1.807) is 42.3 Å². The maximum atomic E-state index is 12.9. The van der Waals surface area contributed by atoms with E-state index >= 15 is 0 Å². The SMILES string of the molecule is COc1c(C)cc(S(=O)(=O)Nc2ccc3c(c2)CCN3C(=O)C2CCCO2)cc1C. The molecule has 160 valence electrons. The number of fused-ring (bicyclic) bond motifs is 1. The molecule has 2 heterocycles. The predicted molar refractivity (Wildman–Crippen MR) is 115 cm³/mol. The van der Waals surface area contributed by atoms with Gasteiger partial charge in [0.25, 0.3) is 15.9 Å². The smallest absolute Gasteiger partial charge is 0.261 e. The van der Waals surface area contributed by atoms with E-state index in [2.05, 4.69) is 4.72 Å². The zero-order valence-corrected chi connectivity index (χ0v) is 18.2. The van der Waals surface area contributed by atoms with Gasteiger partial charge in [0.05, 0.1) is 12.0 Å². The molecule has 2 aliphatic heterocycles. The summed E-state index contributed by atoms with van der Waals surface area (Å²) < 4.78 is 39.3. The Morgan fingerprint density at radius 1 is 1.20 bits per heavy atom. The van der Waals surface area contributed by atoms with Gasteiger partial charge in [0.1, 0.15) is 11.9 Å². The molecule has 0 aromatic heterocycles. The minimum absolute atomic E-state index is 0.0104. The highest BCUT2D eigenvalue weighted by atomic mass is 32.2. The lowest BCUT2D eigenvalue weighted by Gasteiger charge is -2.21. The Labute approximate surface area is 177 Å². The molecule has 7 nitrogen and oxygen atoms in total. The first-order valence-corrected chi connectivity index (χ1v) is 11.5. The van der Waals surface area contributed by atoms with E-state index in [0.717, 1.165) is 35.2 Å². The van der Waals surface area contributed by atoms with Crippen molar-refractivity contribution in [3.8, 4) is 5.75 Å². The first kappa shape index (κ1) is 20.7. The molecule has 1 unspecified atom stereocenters. The number of aryl methyl sites for hydroxylation is 2. The minimum atomic E-state index is -3.75. The summed E-state index contributed by atoms with van der Waals surface area (Å²) in [6.07, 6.45) is 1.98. The highest BCUT2D eigenvalue weighted by Crippen LogP contribution is 2.33. The Morgan fingerprint density at radius 3 is 2.57 bits per heavy atom. The van der Waals surface area contributed by atoms with Crippen LogP contribution in [0.2, 0.25) is 0 Å². The average Bonchev–Trinajstić information content (AvgIpc) is 3.37. The number of nitrogens with zero attached hydrogens (tertiary/aromatic N) is 1. The van der Waals surface area contributed by atoms with Gasteiger partial charge < -0.3 is 14.4 Å². The maximum Gasteiger partial charge on any atom is 0.261 e. The summed E-state index contributed by atoms with van der Waals surface area (Å²) in [6, 6.07) is 8.50. The van der Waals surface area contributed by atoms with E-state index in [1.807, 2.05) is 13.8 Å².